The largest absolute Gasteiger partial charge is 0.510 e. The van der Waals surface area contributed by atoms with Crippen LogP contribution in [0.15, 0.2) is 28.7 Å². The fourth-order valence-electron chi connectivity index (χ4n) is 6.17. The summed E-state index contributed by atoms with van der Waals surface area (Å²) in [5, 5.41) is 46.6. The molecule has 0 fully saturated rings. The standard InChI is InChI=1S/C25H27F4N3O7/c1-32(2)18-12-6-9-5-11-15(13(33)7-10(8-31-4-3-26)17(11)25(27,28)29)19(34)14(9)21(36)24(12,39)22(37)16(20(18)35)23(30)38/h7,9,12,18,31,33,35-36,39H,3-6,8H2,1-2H3,(H2,30,38)/t9-,12-,18-,24-/m0/s1. The van der Waals surface area contributed by atoms with Crippen LogP contribution in [0.5, 0.6) is 5.75 Å². The van der Waals surface area contributed by atoms with Gasteiger partial charge in [0, 0.05) is 24.6 Å². The number of hydrogen-bond donors (Lipinski definition) is 6. The van der Waals surface area contributed by atoms with Crippen LogP contribution in [0.1, 0.15) is 33.5 Å². The van der Waals surface area contributed by atoms with E-state index in [2.05, 4.69) is 5.32 Å². The summed E-state index contributed by atoms with van der Waals surface area (Å²) in [5.41, 5.74) is -2.12. The molecule has 0 aromatic heterocycles. The van der Waals surface area contributed by atoms with E-state index in [1.807, 2.05) is 0 Å². The van der Waals surface area contributed by atoms with Gasteiger partial charge in [0.05, 0.1) is 17.2 Å². The maximum atomic E-state index is 14.3. The third kappa shape index (κ3) is 4.17. The van der Waals surface area contributed by atoms with Gasteiger partial charge >= 0.3 is 6.18 Å². The summed E-state index contributed by atoms with van der Waals surface area (Å²) in [6.45, 7) is -1.55. The van der Waals surface area contributed by atoms with Crippen molar-refractivity contribution in [2.75, 3.05) is 27.3 Å². The monoisotopic (exact) mass is 557 g/mol. The number of benzene rings is 1. The lowest BCUT2D eigenvalue weighted by molar-refractivity contribution is -0.148. The highest BCUT2D eigenvalue weighted by atomic mass is 19.4. The average molecular weight is 557 g/mol. The zero-order chi connectivity index (χ0) is 29.2. The second-order valence-corrected chi connectivity index (χ2v) is 10.1. The van der Waals surface area contributed by atoms with Gasteiger partial charge in [-0.25, -0.2) is 4.39 Å². The smallest absolute Gasteiger partial charge is 0.417 e. The van der Waals surface area contributed by atoms with Gasteiger partial charge in [-0.3, -0.25) is 19.3 Å². The highest BCUT2D eigenvalue weighted by Gasteiger charge is 2.63. The number of aromatic hydroxyl groups is 1. The molecule has 4 atom stereocenters. The van der Waals surface area contributed by atoms with E-state index in [1.165, 1.54) is 19.0 Å². The normalized spacial score (nSPS) is 27.0. The molecule has 14 heteroatoms. The van der Waals surface area contributed by atoms with Crippen molar-refractivity contribution in [3.05, 3.63) is 51.0 Å². The summed E-state index contributed by atoms with van der Waals surface area (Å²) in [4.78, 5) is 40.1. The highest BCUT2D eigenvalue weighted by molar-refractivity contribution is 6.24. The quantitative estimate of drug-likeness (QED) is 0.171. The minimum absolute atomic E-state index is 0.248. The molecule has 3 aliphatic rings. The van der Waals surface area contributed by atoms with Gasteiger partial charge in [0.2, 0.25) is 5.78 Å². The van der Waals surface area contributed by atoms with E-state index in [1.54, 1.807) is 0 Å². The maximum Gasteiger partial charge on any atom is 0.417 e. The van der Waals surface area contributed by atoms with Crippen molar-refractivity contribution in [2.45, 2.75) is 37.2 Å². The SMILES string of the molecule is CN(C)[C@@H]1C(O)=C(C(N)=O)C(=O)[C@@]2(O)C(O)=C3C(=O)c4c(O)cc(CNCCF)c(C(F)(F)F)c4C[C@H]3C[C@@H]12. The van der Waals surface area contributed by atoms with Crippen LogP contribution in [0.2, 0.25) is 0 Å². The number of allylic oxidation sites excluding steroid dienone is 1. The minimum Gasteiger partial charge on any atom is -0.510 e. The van der Waals surface area contributed by atoms with E-state index >= 15 is 0 Å². The predicted molar refractivity (Wildman–Crippen MR) is 126 cm³/mol. The number of primary amides is 1. The minimum atomic E-state index is -4.98. The molecule has 39 heavy (non-hydrogen) atoms. The number of halogens is 4. The molecule has 0 radical (unpaired) electrons. The summed E-state index contributed by atoms with van der Waals surface area (Å²) in [6, 6.07) is -0.551. The Bertz CT molecular complexity index is 1340. The number of aliphatic hydroxyl groups excluding tert-OH is 2. The first-order chi connectivity index (χ1) is 18.1. The molecule has 4 rings (SSSR count). The van der Waals surface area contributed by atoms with Gasteiger partial charge in [0.25, 0.3) is 5.91 Å². The van der Waals surface area contributed by atoms with Crippen LogP contribution in [0, 0.1) is 11.8 Å². The van der Waals surface area contributed by atoms with Crippen LogP contribution in [0.4, 0.5) is 17.6 Å². The number of phenolic OH excluding ortho intramolecular Hbond substituents is 1. The fraction of sp³-hybridized carbons (Fsp3) is 0.480. The number of carbonyl (C=O) groups excluding carboxylic acids is 3. The Balaban J connectivity index is 1.95. The van der Waals surface area contributed by atoms with Gasteiger partial charge in [-0.1, -0.05) is 0 Å². The van der Waals surface area contributed by atoms with Crippen LogP contribution in [0.3, 0.4) is 0 Å². The van der Waals surface area contributed by atoms with E-state index in [4.69, 9.17) is 5.73 Å². The van der Waals surface area contributed by atoms with Gasteiger partial charge < -0.3 is 31.5 Å². The predicted octanol–water partition coefficient (Wildman–Crippen LogP) is 1.20. The van der Waals surface area contributed by atoms with Crippen LogP contribution < -0.4 is 11.1 Å². The lowest BCUT2D eigenvalue weighted by atomic mass is 9.58. The molecule has 0 aliphatic heterocycles. The molecule has 10 nitrogen and oxygen atoms in total. The van der Waals surface area contributed by atoms with Crippen LogP contribution in [-0.4, -0.2) is 81.8 Å². The Morgan fingerprint density at radius 3 is 2.41 bits per heavy atom. The van der Waals surface area contributed by atoms with E-state index in [-0.39, 0.29) is 13.0 Å². The van der Waals surface area contributed by atoms with Gasteiger partial charge in [-0.2, -0.15) is 13.2 Å². The number of alkyl halides is 4. The molecule has 0 spiro atoms. The average Bonchev–Trinajstić information content (AvgIpc) is 2.80. The van der Waals surface area contributed by atoms with Gasteiger partial charge in [0.1, 0.15) is 29.5 Å². The third-order valence-corrected chi connectivity index (χ3v) is 7.68. The van der Waals surface area contributed by atoms with Crippen molar-refractivity contribution in [3.63, 3.8) is 0 Å². The van der Waals surface area contributed by atoms with E-state index in [0.717, 1.165) is 6.07 Å². The summed E-state index contributed by atoms with van der Waals surface area (Å²) in [7, 11) is 2.87. The summed E-state index contributed by atoms with van der Waals surface area (Å²) < 4.78 is 55.4. The molecule has 0 saturated carbocycles. The Labute approximate surface area is 219 Å². The van der Waals surface area contributed by atoms with Crippen molar-refractivity contribution in [1.29, 1.82) is 0 Å². The number of nitrogens with zero attached hydrogens (tertiary/aromatic N) is 1. The number of likely N-dealkylation sites (N-methyl/N-ethyl adjacent to an activating group) is 1. The Hall–Kier alpha value is -3.49. The number of carbonyl (C=O) groups is 3. The first-order valence-corrected chi connectivity index (χ1v) is 11.9. The Morgan fingerprint density at radius 1 is 1.23 bits per heavy atom. The van der Waals surface area contributed by atoms with Crippen molar-refractivity contribution < 1.29 is 52.4 Å². The molecule has 0 saturated heterocycles. The molecule has 0 bridgehead atoms. The van der Waals surface area contributed by atoms with Crippen molar-refractivity contribution >= 4 is 17.5 Å². The number of nitrogens with one attached hydrogen (secondary N) is 1. The van der Waals surface area contributed by atoms with Crippen LogP contribution in [0.25, 0.3) is 0 Å². The number of ketones is 2. The highest BCUT2D eigenvalue weighted by Crippen LogP contribution is 2.53. The zero-order valence-corrected chi connectivity index (χ0v) is 20.9. The first-order valence-electron chi connectivity index (χ1n) is 11.9. The second kappa shape index (κ2) is 9.61. The van der Waals surface area contributed by atoms with Gasteiger partial charge in [-0.05, 0) is 50.0 Å². The van der Waals surface area contributed by atoms with E-state index in [0.29, 0.717) is 0 Å². The number of aliphatic hydroxyl groups is 3. The summed E-state index contributed by atoms with van der Waals surface area (Å²) in [5.74, 6) is -9.41. The lowest BCUT2D eigenvalue weighted by Gasteiger charge is -2.50. The summed E-state index contributed by atoms with van der Waals surface area (Å²) in [6.07, 6.45) is -5.85. The lowest BCUT2D eigenvalue weighted by Crippen LogP contribution is -2.63. The zero-order valence-electron chi connectivity index (χ0n) is 20.9. The topological polar surface area (TPSA) is 173 Å². The van der Waals surface area contributed by atoms with Crippen molar-refractivity contribution in [3.8, 4) is 5.75 Å². The molecule has 1 amide bonds. The van der Waals surface area contributed by atoms with Crippen LogP contribution >= 0.6 is 0 Å². The van der Waals surface area contributed by atoms with Crippen molar-refractivity contribution in [1.82, 2.24) is 10.2 Å². The molecule has 0 unspecified atom stereocenters. The number of nitrogens with two attached hydrogens (primary N) is 1. The molecular formula is C25H27F4N3O7. The van der Waals surface area contributed by atoms with Gasteiger partial charge in [0.15, 0.2) is 11.4 Å². The molecule has 3 aliphatic carbocycles. The number of rotatable bonds is 6. The van der Waals surface area contributed by atoms with E-state index < -0.39 is 117 Å². The Kier molecular flexibility index (Phi) is 7.02. The Morgan fingerprint density at radius 2 is 1.87 bits per heavy atom. The molecular weight excluding hydrogens is 530 g/mol. The molecule has 1 aromatic rings. The number of phenols is 1. The van der Waals surface area contributed by atoms with E-state index in [9.17, 15) is 52.4 Å². The number of amides is 1. The molecule has 1 aromatic carbocycles. The summed E-state index contributed by atoms with van der Waals surface area (Å²) >= 11 is 0. The van der Waals surface area contributed by atoms with Crippen molar-refractivity contribution in [2.24, 2.45) is 17.6 Å². The van der Waals surface area contributed by atoms with Gasteiger partial charge in [-0.15, -0.1) is 0 Å². The second-order valence-electron chi connectivity index (χ2n) is 10.1. The molecule has 0 heterocycles. The number of fused-ring (bicyclic) bond motifs is 3. The maximum absolute atomic E-state index is 14.3. The number of Topliss-reactive ketones (excluding diaryl/α,β-unsaturated/α-hetero) is 2. The van der Waals surface area contributed by atoms with Crippen LogP contribution in [-0.2, 0) is 28.7 Å². The fourth-order valence-corrected chi connectivity index (χ4v) is 6.17. The third-order valence-electron chi connectivity index (χ3n) is 7.68. The number of hydrogen-bond acceptors (Lipinski definition) is 9. The molecule has 7 N–H and O–H groups in total. The first kappa shape index (κ1) is 28.5. The molecule has 212 valence electrons.